The molecule has 0 fully saturated rings. The Morgan fingerprint density at radius 1 is 1.85 bits per heavy atom. The highest BCUT2D eigenvalue weighted by Gasteiger charge is 2.17. The van der Waals surface area contributed by atoms with Crippen molar-refractivity contribution in [1.82, 2.24) is 9.99 Å². The van der Waals surface area contributed by atoms with Gasteiger partial charge in [-0.2, -0.15) is 5.10 Å². The van der Waals surface area contributed by atoms with Crippen LogP contribution >= 0.6 is 27.5 Å². The minimum atomic E-state index is -0.303. The molecule has 6 heteroatoms. The third kappa shape index (κ3) is 1.76. The first-order valence-corrected chi connectivity index (χ1v) is 4.54. The highest BCUT2D eigenvalue weighted by Crippen LogP contribution is 2.28. The lowest BCUT2D eigenvalue weighted by molar-refractivity contribution is 0.0955. The number of hydrogen-bond acceptors (Lipinski definition) is 2. The Morgan fingerprint density at radius 3 is 2.92 bits per heavy atom. The van der Waals surface area contributed by atoms with E-state index in [0.29, 0.717) is 9.50 Å². The Hall–Kier alpha value is -0.810. The maximum atomic E-state index is 11.3. The summed E-state index contributed by atoms with van der Waals surface area (Å²) in [6.07, 6.45) is 1.57. The van der Waals surface area contributed by atoms with E-state index in [0.717, 1.165) is 0 Å². The van der Waals surface area contributed by atoms with Crippen LogP contribution in [0.5, 0.6) is 0 Å². The average molecular weight is 265 g/mol. The molecule has 0 aliphatic rings. The van der Waals surface area contributed by atoms with E-state index in [4.69, 9.17) is 11.6 Å². The van der Waals surface area contributed by atoms with E-state index in [-0.39, 0.29) is 11.6 Å². The number of halogens is 2. The van der Waals surface area contributed by atoms with Gasteiger partial charge in [-0.15, -0.1) is 0 Å². The molecule has 4 nitrogen and oxygen atoms in total. The third-order valence-electron chi connectivity index (χ3n) is 1.48. The van der Waals surface area contributed by atoms with Crippen molar-refractivity contribution in [2.24, 2.45) is 5.10 Å². The van der Waals surface area contributed by atoms with E-state index in [1.807, 2.05) is 0 Å². The van der Waals surface area contributed by atoms with Crippen LogP contribution in [-0.2, 0) is 0 Å². The molecule has 1 aromatic heterocycles. The van der Waals surface area contributed by atoms with E-state index in [1.54, 1.807) is 6.20 Å². The maximum Gasteiger partial charge on any atom is 0.271 e. The molecule has 0 radical (unpaired) electrons. The van der Waals surface area contributed by atoms with Crippen LogP contribution in [0.25, 0.3) is 0 Å². The van der Waals surface area contributed by atoms with Gasteiger partial charge in [-0.3, -0.25) is 4.79 Å². The molecular formula is C7H7BrClN3O. The van der Waals surface area contributed by atoms with Crippen LogP contribution in [0.1, 0.15) is 10.5 Å². The molecule has 0 saturated heterocycles. The van der Waals surface area contributed by atoms with Crippen LogP contribution < -0.4 is 5.32 Å². The molecule has 0 spiro atoms. The summed E-state index contributed by atoms with van der Waals surface area (Å²) < 4.78 is 1.92. The fraction of sp³-hybridized carbons (Fsp3) is 0.143. The Labute approximate surface area is 88.7 Å². The van der Waals surface area contributed by atoms with Crippen molar-refractivity contribution in [3.05, 3.63) is 21.4 Å². The first kappa shape index (κ1) is 10.3. The Kier molecular flexibility index (Phi) is 3.11. The summed E-state index contributed by atoms with van der Waals surface area (Å²) in [5.41, 5.74) is 0.269. The van der Waals surface area contributed by atoms with E-state index in [2.05, 4.69) is 33.1 Å². The van der Waals surface area contributed by atoms with Gasteiger partial charge in [0.05, 0.1) is 9.50 Å². The summed E-state index contributed by atoms with van der Waals surface area (Å²) in [4.78, 5) is 11.3. The first-order chi connectivity index (χ1) is 6.11. The molecule has 0 saturated carbocycles. The lowest BCUT2D eigenvalue weighted by atomic mass is 10.4. The summed E-state index contributed by atoms with van der Waals surface area (Å²) in [5, 5.41) is 6.40. The molecule has 70 valence electrons. The molecule has 1 rings (SSSR count). The summed E-state index contributed by atoms with van der Waals surface area (Å²) in [6, 6.07) is 0. The van der Waals surface area contributed by atoms with E-state index >= 15 is 0 Å². The minimum Gasteiger partial charge on any atom is -0.354 e. The van der Waals surface area contributed by atoms with Crippen LogP contribution in [0, 0.1) is 0 Å². The molecule has 0 unspecified atom stereocenters. The molecule has 13 heavy (non-hydrogen) atoms. The largest absolute Gasteiger partial charge is 0.354 e. The van der Waals surface area contributed by atoms with Gasteiger partial charge in [-0.25, -0.2) is 4.68 Å². The minimum absolute atomic E-state index is 0.269. The molecule has 1 aromatic rings. The molecule has 0 atom stereocenters. The predicted octanol–water partition coefficient (Wildman–Crippen LogP) is 1.73. The number of aromatic nitrogens is 1. The van der Waals surface area contributed by atoms with Crippen LogP contribution in [0.3, 0.4) is 0 Å². The number of carbonyl (C=O) groups excluding carboxylic acids is 1. The van der Waals surface area contributed by atoms with Gasteiger partial charge in [0, 0.05) is 20.0 Å². The summed E-state index contributed by atoms with van der Waals surface area (Å²) in [5.74, 6) is -0.303. The zero-order valence-electron chi connectivity index (χ0n) is 6.84. The van der Waals surface area contributed by atoms with Crippen LogP contribution in [0.15, 0.2) is 15.8 Å². The van der Waals surface area contributed by atoms with E-state index in [9.17, 15) is 4.79 Å². The van der Waals surface area contributed by atoms with Crippen molar-refractivity contribution in [2.75, 3.05) is 7.05 Å². The summed E-state index contributed by atoms with van der Waals surface area (Å²) >= 11 is 9.03. The van der Waals surface area contributed by atoms with E-state index < -0.39 is 0 Å². The van der Waals surface area contributed by atoms with Gasteiger partial charge in [0.25, 0.3) is 5.91 Å². The zero-order chi connectivity index (χ0) is 10.0. The number of amides is 1. The quantitative estimate of drug-likeness (QED) is 0.813. The Balaban J connectivity index is 3.31. The lowest BCUT2D eigenvalue weighted by Crippen LogP contribution is -2.20. The number of nitrogens with one attached hydrogen (secondary N) is 1. The van der Waals surface area contributed by atoms with Gasteiger partial charge in [0.15, 0.2) is 0 Å². The average Bonchev–Trinajstić information content (AvgIpc) is 2.42. The maximum absolute atomic E-state index is 11.3. The van der Waals surface area contributed by atoms with Crippen LogP contribution in [-0.4, -0.2) is 24.3 Å². The Morgan fingerprint density at radius 2 is 2.46 bits per heavy atom. The molecule has 0 bridgehead atoms. The van der Waals surface area contributed by atoms with Crippen molar-refractivity contribution in [2.45, 2.75) is 0 Å². The lowest BCUT2D eigenvalue weighted by Gasteiger charge is -2.00. The second-order valence-electron chi connectivity index (χ2n) is 2.20. The van der Waals surface area contributed by atoms with Crippen molar-refractivity contribution < 1.29 is 4.79 Å². The normalized spacial score (nSPS) is 9.77. The topological polar surface area (TPSA) is 46.4 Å². The van der Waals surface area contributed by atoms with Gasteiger partial charge in [-0.05, 0) is 15.9 Å². The van der Waals surface area contributed by atoms with Gasteiger partial charge in [0.1, 0.15) is 5.69 Å². The number of hydrogen-bond donors (Lipinski definition) is 1. The number of nitrogens with zero attached hydrogens (tertiary/aromatic N) is 2. The molecule has 1 amide bonds. The molecule has 0 aliphatic heterocycles. The van der Waals surface area contributed by atoms with Crippen molar-refractivity contribution in [1.29, 1.82) is 0 Å². The fourth-order valence-corrected chi connectivity index (χ4v) is 1.48. The zero-order valence-corrected chi connectivity index (χ0v) is 9.18. The van der Waals surface area contributed by atoms with Gasteiger partial charge in [0.2, 0.25) is 0 Å². The Bertz CT molecular complexity index is 361. The van der Waals surface area contributed by atoms with Crippen molar-refractivity contribution in [3.8, 4) is 0 Å². The SMILES string of the molecule is C=Nn1cc(Br)c(Cl)c1C(=O)NC. The predicted molar refractivity (Wildman–Crippen MR) is 55.5 cm³/mol. The monoisotopic (exact) mass is 263 g/mol. The van der Waals surface area contributed by atoms with Crippen LogP contribution in [0.2, 0.25) is 5.02 Å². The van der Waals surface area contributed by atoms with E-state index in [1.165, 1.54) is 11.7 Å². The van der Waals surface area contributed by atoms with Gasteiger partial charge < -0.3 is 5.32 Å². The number of carbonyl (C=O) groups is 1. The second-order valence-corrected chi connectivity index (χ2v) is 3.44. The van der Waals surface area contributed by atoms with Gasteiger partial charge in [-0.1, -0.05) is 11.6 Å². The third-order valence-corrected chi connectivity index (χ3v) is 2.69. The molecule has 0 aromatic carbocycles. The summed E-state index contributed by atoms with van der Waals surface area (Å²) in [7, 11) is 1.52. The molecule has 1 N–H and O–H groups in total. The summed E-state index contributed by atoms with van der Waals surface area (Å²) in [6.45, 7) is 3.32. The van der Waals surface area contributed by atoms with Crippen molar-refractivity contribution >= 4 is 40.2 Å². The molecule has 0 aliphatic carbocycles. The first-order valence-electron chi connectivity index (χ1n) is 3.37. The smallest absolute Gasteiger partial charge is 0.271 e. The number of rotatable bonds is 2. The highest BCUT2D eigenvalue weighted by molar-refractivity contribution is 9.10. The highest BCUT2D eigenvalue weighted by atomic mass is 79.9. The molecular weight excluding hydrogens is 257 g/mol. The standard InChI is InChI=1S/C7H7BrClN3O/c1-10-7(13)6-5(9)4(8)3-12(6)11-2/h3H,2H2,1H3,(H,10,13). The molecule has 1 heterocycles. The second kappa shape index (κ2) is 3.93. The van der Waals surface area contributed by atoms with Crippen LogP contribution in [0.4, 0.5) is 0 Å². The van der Waals surface area contributed by atoms with Gasteiger partial charge >= 0.3 is 0 Å². The van der Waals surface area contributed by atoms with Crippen molar-refractivity contribution in [3.63, 3.8) is 0 Å². The fourth-order valence-electron chi connectivity index (χ4n) is 0.876.